The molecule has 2 rings (SSSR count). The van der Waals surface area contributed by atoms with Crippen molar-refractivity contribution in [1.29, 1.82) is 5.26 Å². The second-order valence-corrected chi connectivity index (χ2v) is 4.62. The maximum Gasteiger partial charge on any atom is 0.270 e. The lowest BCUT2D eigenvalue weighted by Crippen LogP contribution is -2.27. The van der Waals surface area contributed by atoms with Crippen LogP contribution in [-0.4, -0.2) is 23.4 Å². The number of non-ortho nitro benzene ring substituents is 1. The maximum atomic E-state index is 11.5. The summed E-state index contributed by atoms with van der Waals surface area (Å²) in [6, 6.07) is 6.26. The molecule has 0 unspecified atom stereocenters. The van der Waals surface area contributed by atoms with Gasteiger partial charge in [0.1, 0.15) is 6.07 Å². The summed E-state index contributed by atoms with van der Waals surface area (Å²) in [6.45, 7) is 0.380. The van der Waals surface area contributed by atoms with Gasteiger partial charge in [-0.3, -0.25) is 14.9 Å². The smallest absolute Gasteiger partial charge is 0.270 e. The van der Waals surface area contributed by atoms with E-state index in [0.717, 1.165) is 12.8 Å². The van der Waals surface area contributed by atoms with Crippen LogP contribution >= 0.6 is 0 Å². The van der Waals surface area contributed by atoms with Gasteiger partial charge in [0, 0.05) is 31.1 Å². The third kappa shape index (κ3) is 3.68. The van der Waals surface area contributed by atoms with Crippen LogP contribution in [0.3, 0.4) is 0 Å². The normalized spacial score (nSPS) is 13.3. The molecule has 2 N–H and O–H groups in total. The standard InChI is InChI=1S/C13H14N4O3/c14-8-9-7-11(17(19)20)3-4-12(9)15-6-5-13(18)16-10-1-2-10/h3-4,7,10,15H,1-2,5-6H2,(H,16,18). The number of carbonyl (C=O) groups excluding carboxylic acids is 1. The summed E-state index contributed by atoms with van der Waals surface area (Å²) in [5.74, 6) is -0.0274. The Morgan fingerprint density at radius 2 is 2.25 bits per heavy atom. The third-order valence-electron chi connectivity index (χ3n) is 2.94. The number of carbonyl (C=O) groups is 1. The zero-order valence-corrected chi connectivity index (χ0v) is 10.8. The minimum absolute atomic E-state index is 0.0274. The molecule has 0 spiro atoms. The topological polar surface area (TPSA) is 108 Å². The molecule has 0 saturated heterocycles. The summed E-state index contributed by atoms with van der Waals surface area (Å²) in [6.07, 6.45) is 2.39. The minimum atomic E-state index is -0.548. The molecule has 1 amide bonds. The van der Waals surface area contributed by atoms with Crippen LogP contribution in [0, 0.1) is 21.4 Å². The van der Waals surface area contributed by atoms with Gasteiger partial charge in [0.15, 0.2) is 0 Å². The highest BCUT2D eigenvalue weighted by Gasteiger charge is 2.22. The molecular formula is C13H14N4O3. The summed E-state index contributed by atoms with van der Waals surface area (Å²) in [7, 11) is 0. The van der Waals surface area contributed by atoms with E-state index in [0.29, 0.717) is 24.7 Å². The fraction of sp³-hybridized carbons (Fsp3) is 0.385. The van der Waals surface area contributed by atoms with Crippen molar-refractivity contribution in [2.75, 3.05) is 11.9 Å². The van der Waals surface area contributed by atoms with Gasteiger partial charge in [0.25, 0.3) is 5.69 Å². The zero-order chi connectivity index (χ0) is 14.5. The van der Waals surface area contributed by atoms with Crippen LogP contribution in [0.4, 0.5) is 11.4 Å². The van der Waals surface area contributed by atoms with Crippen molar-refractivity contribution in [2.24, 2.45) is 0 Å². The largest absolute Gasteiger partial charge is 0.383 e. The van der Waals surface area contributed by atoms with Gasteiger partial charge in [-0.2, -0.15) is 5.26 Å². The summed E-state index contributed by atoms with van der Waals surface area (Å²) in [5.41, 5.74) is 0.567. The van der Waals surface area contributed by atoms with Crippen molar-refractivity contribution >= 4 is 17.3 Å². The van der Waals surface area contributed by atoms with E-state index < -0.39 is 4.92 Å². The zero-order valence-electron chi connectivity index (χ0n) is 10.8. The fourth-order valence-corrected chi connectivity index (χ4v) is 1.73. The van der Waals surface area contributed by atoms with E-state index in [1.54, 1.807) is 0 Å². The van der Waals surface area contributed by atoms with Crippen molar-refractivity contribution in [3.8, 4) is 6.07 Å². The molecular weight excluding hydrogens is 260 g/mol. The van der Waals surface area contributed by atoms with Crippen molar-refractivity contribution in [3.05, 3.63) is 33.9 Å². The molecule has 0 bridgehead atoms. The van der Waals surface area contributed by atoms with E-state index in [9.17, 15) is 14.9 Å². The molecule has 0 heterocycles. The van der Waals surface area contributed by atoms with Gasteiger partial charge < -0.3 is 10.6 Å². The minimum Gasteiger partial charge on any atom is -0.383 e. The molecule has 0 atom stereocenters. The van der Waals surface area contributed by atoms with Crippen molar-refractivity contribution in [2.45, 2.75) is 25.3 Å². The monoisotopic (exact) mass is 274 g/mol. The van der Waals surface area contributed by atoms with E-state index in [-0.39, 0.29) is 17.2 Å². The predicted molar refractivity (Wildman–Crippen MR) is 72.1 cm³/mol. The van der Waals surface area contributed by atoms with Crippen LogP contribution in [0.2, 0.25) is 0 Å². The number of benzene rings is 1. The molecule has 1 fully saturated rings. The van der Waals surface area contributed by atoms with E-state index in [1.807, 2.05) is 6.07 Å². The van der Waals surface area contributed by atoms with E-state index in [2.05, 4.69) is 10.6 Å². The first-order valence-electron chi connectivity index (χ1n) is 6.32. The Balaban J connectivity index is 1.90. The summed E-state index contributed by atoms with van der Waals surface area (Å²) >= 11 is 0. The Labute approximate surface area is 115 Å². The second kappa shape index (κ2) is 6.02. The molecule has 7 heteroatoms. The van der Waals surface area contributed by atoms with Crippen LogP contribution in [0.5, 0.6) is 0 Å². The Morgan fingerprint density at radius 3 is 2.85 bits per heavy atom. The van der Waals surface area contributed by atoms with Gasteiger partial charge >= 0.3 is 0 Å². The number of nitrogens with one attached hydrogen (secondary N) is 2. The number of nitro groups is 1. The first-order valence-corrected chi connectivity index (χ1v) is 6.32. The SMILES string of the molecule is N#Cc1cc([N+](=O)[O-])ccc1NCCC(=O)NC1CC1. The lowest BCUT2D eigenvalue weighted by Gasteiger charge is -2.08. The van der Waals surface area contributed by atoms with E-state index in [1.165, 1.54) is 18.2 Å². The molecule has 0 aliphatic heterocycles. The number of hydrogen-bond donors (Lipinski definition) is 2. The van der Waals surface area contributed by atoms with Crippen LogP contribution in [0.15, 0.2) is 18.2 Å². The first-order chi connectivity index (χ1) is 9.60. The Kier molecular flexibility index (Phi) is 4.15. The van der Waals surface area contributed by atoms with Crippen LogP contribution < -0.4 is 10.6 Å². The number of amides is 1. The van der Waals surface area contributed by atoms with Gasteiger partial charge in [-0.25, -0.2) is 0 Å². The van der Waals surface area contributed by atoms with Crippen molar-refractivity contribution in [3.63, 3.8) is 0 Å². The summed E-state index contributed by atoms with van der Waals surface area (Å²) in [5, 5.41) is 25.4. The van der Waals surface area contributed by atoms with Crippen LogP contribution in [0.25, 0.3) is 0 Å². The summed E-state index contributed by atoms with van der Waals surface area (Å²) in [4.78, 5) is 21.5. The van der Waals surface area contributed by atoms with E-state index >= 15 is 0 Å². The molecule has 0 radical (unpaired) electrons. The molecule has 1 aliphatic carbocycles. The maximum absolute atomic E-state index is 11.5. The highest BCUT2D eigenvalue weighted by Crippen LogP contribution is 2.21. The molecule has 20 heavy (non-hydrogen) atoms. The van der Waals surface area contributed by atoms with E-state index in [4.69, 9.17) is 5.26 Å². The molecule has 1 aromatic rings. The number of nitrogens with zero attached hydrogens (tertiary/aromatic N) is 2. The average molecular weight is 274 g/mol. The van der Waals surface area contributed by atoms with Gasteiger partial charge in [-0.05, 0) is 18.9 Å². The van der Waals surface area contributed by atoms with Gasteiger partial charge in [-0.15, -0.1) is 0 Å². The lowest BCUT2D eigenvalue weighted by atomic mass is 10.1. The molecule has 104 valence electrons. The quantitative estimate of drug-likeness (QED) is 0.604. The number of anilines is 1. The number of nitro benzene ring substituents is 1. The highest BCUT2D eigenvalue weighted by molar-refractivity contribution is 5.77. The summed E-state index contributed by atoms with van der Waals surface area (Å²) < 4.78 is 0. The second-order valence-electron chi connectivity index (χ2n) is 4.62. The lowest BCUT2D eigenvalue weighted by molar-refractivity contribution is -0.384. The number of rotatable bonds is 6. The Hall–Kier alpha value is -2.62. The van der Waals surface area contributed by atoms with Crippen LogP contribution in [-0.2, 0) is 4.79 Å². The third-order valence-corrected chi connectivity index (χ3v) is 2.94. The van der Waals surface area contributed by atoms with Gasteiger partial charge in [0.2, 0.25) is 5.91 Å². The van der Waals surface area contributed by atoms with Gasteiger partial charge in [-0.1, -0.05) is 0 Å². The van der Waals surface area contributed by atoms with Gasteiger partial charge in [0.05, 0.1) is 16.2 Å². The molecule has 0 aromatic heterocycles. The Morgan fingerprint density at radius 1 is 1.50 bits per heavy atom. The molecule has 7 nitrogen and oxygen atoms in total. The Bertz CT molecular complexity index is 575. The molecule has 1 aliphatic rings. The van der Waals surface area contributed by atoms with Crippen LogP contribution in [0.1, 0.15) is 24.8 Å². The van der Waals surface area contributed by atoms with Crippen molar-refractivity contribution < 1.29 is 9.72 Å². The highest BCUT2D eigenvalue weighted by atomic mass is 16.6. The molecule has 1 saturated carbocycles. The van der Waals surface area contributed by atoms with Crippen molar-refractivity contribution in [1.82, 2.24) is 5.32 Å². The first kappa shape index (κ1) is 13.8. The average Bonchev–Trinajstić information content (AvgIpc) is 3.22. The fourth-order valence-electron chi connectivity index (χ4n) is 1.73. The number of hydrogen-bond acceptors (Lipinski definition) is 5. The number of nitriles is 1. The predicted octanol–water partition coefficient (Wildman–Crippen LogP) is 1.55. The molecule has 1 aromatic carbocycles.